The molecule has 1 aromatic heterocycles. The van der Waals surface area contributed by atoms with Crippen LogP contribution in [-0.2, 0) is 11.6 Å². The van der Waals surface area contributed by atoms with Crippen LogP contribution >= 0.6 is 0 Å². The van der Waals surface area contributed by atoms with Crippen LogP contribution in [0.1, 0.15) is 42.3 Å². The number of nitrogens with zero attached hydrogens (tertiary/aromatic N) is 2. The fraction of sp³-hybridized carbons (Fsp3) is 0.400. The molecule has 7 heteroatoms. The summed E-state index contributed by atoms with van der Waals surface area (Å²) in [5, 5.41) is 0. The van der Waals surface area contributed by atoms with Crippen molar-refractivity contribution in [1.82, 2.24) is 9.88 Å². The highest BCUT2D eigenvalue weighted by Crippen LogP contribution is 2.35. The number of likely N-dealkylation sites (tertiary alicyclic amines) is 1. The van der Waals surface area contributed by atoms with E-state index in [2.05, 4.69) is 25.8 Å². The van der Waals surface area contributed by atoms with Crippen molar-refractivity contribution in [3.05, 3.63) is 59.3 Å². The zero-order valence-corrected chi connectivity index (χ0v) is 15.4. The van der Waals surface area contributed by atoms with Gasteiger partial charge in [0.25, 0.3) is 5.91 Å². The number of ether oxygens (including phenoxy) is 1. The van der Waals surface area contributed by atoms with Crippen LogP contribution in [0.3, 0.4) is 0 Å². The second kappa shape index (κ2) is 6.87. The van der Waals surface area contributed by atoms with Gasteiger partial charge in [0.1, 0.15) is 11.7 Å². The topological polar surface area (TPSA) is 42.4 Å². The molecular formula is C20H21F3N2O2. The summed E-state index contributed by atoms with van der Waals surface area (Å²) in [5.41, 5.74) is 0.761. The molecule has 0 unspecified atom stereocenters. The molecule has 0 atom stereocenters. The molecule has 0 spiro atoms. The lowest BCUT2D eigenvalue weighted by atomic mass is 9.86. The Kier molecular flexibility index (Phi) is 4.88. The molecule has 0 aliphatic carbocycles. The Labute approximate surface area is 156 Å². The van der Waals surface area contributed by atoms with Gasteiger partial charge in [-0.3, -0.25) is 4.79 Å². The number of aromatic nitrogens is 1. The fourth-order valence-electron chi connectivity index (χ4n) is 2.83. The molecular weight excluding hydrogens is 357 g/mol. The summed E-state index contributed by atoms with van der Waals surface area (Å²) in [7, 11) is 0. The Bertz CT molecular complexity index is 820. The zero-order valence-electron chi connectivity index (χ0n) is 15.4. The van der Waals surface area contributed by atoms with Crippen LogP contribution < -0.4 is 4.74 Å². The first kappa shape index (κ1) is 19.2. The fourth-order valence-corrected chi connectivity index (χ4v) is 2.83. The molecule has 0 bridgehead atoms. The monoisotopic (exact) mass is 378 g/mol. The molecule has 1 saturated heterocycles. The number of amides is 1. The first-order valence-corrected chi connectivity index (χ1v) is 8.64. The van der Waals surface area contributed by atoms with E-state index in [1.54, 1.807) is 17.0 Å². The molecule has 3 rings (SSSR count). The number of benzene rings is 1. The number of halogens is 3. The second-order valence-electron chi connectivity index (χ2n) is 7.63. The van der Waals surface area contributed by atoms with Crippen LogP contribution in [0, 0.1) is 0 Å². The van der Waals surface area contributed by atoms with Crippen LogP contribution in [0.4, 0.5) is 13.2 Å². The Morgan fingerprint density at radius 1 is 1.11 bits per heavy atom. The number of pyridine rings is 1. The third kappa shape index (κ3) is 4.23. The molecule has 2 heterocycles. The number of carbonyl (C=O) groups excluding carboxylic acids is 1. The average Bonchev–Trinajstić information content (AvgIpc) is 2.56. The van der Waals surface area contributed by atoms with E-state index < -0.39 is 23.7 Å². The molecule has 1 aliphatic heterocycles. The van der Waals surface area contributed by atoms with E-state index in [4.69, 9.17) is 4.74 Å². The zero-order chi connectivity index (χ0) is 19.8. The average molecular weight is 378 g/mol. The molecule has 1 fully saturated rings. The van der Waals surface area contributed by atoms with E-state index in [9.17, 15) is 18.0 Å². The summed E-state index contributed by atoms with van der Waals surface area (Å²) < 4.78 is 44.3. The predicted octanol–water partition coefficient (Wildman–Crippen LogP) is 4.30. The predicted molar refractivity (Wildman–Crippen MR) is 94.7 cm³/mol. The van der Waals surface area contributed by atoms with Crippen molar-refractivity contribution >= 4 is 5.91 Å². The van der Waals surface area contributed by atoms with Gasteiger partial charge in [-0.15, -0.1) is 0 Å². The molecule has 1 aromatic carbocycles. The molecule has 0 radical (unpaired) electrons. The smallest absolute Gasteiger partial charge is 0.421 e. The first-order chi connectivity index (χ1) is 12.6. The van der Waals surface area contributed by atoms with Crippen LogP contribution in [0.5, 0.6) is 5.88 Å². The van der Waals surface area contributed by atoms with Crippen molar-refractivity contribution in [3.63, 3.8) is 0 Å². The SMILES string of the molecule is CC(C)(C)c1ccc(C(=O)N2CC(Oc3ncccc3C(F)(F)F)C2)cc1. The molecule has 2 aromatic rings. The molecule has 1 aliphatic rings. The molecule has 144 valence electrons. The minimum atomic E-state index is -4.53. The van der Waals surface area contributed by atoms with E-state index >= 15 is 0 Å². The standard InChI is InChI=1S/C20H21F3N2O2/c1-19(2,3)14-8-6-13(7-9-14)18(26)25-11-15(12-25)27-17-16(20(21,22)23)5-4-10-24-17/h4-10,15H,11-12H2,1-3H3. The van der Waals surface area contributed by atoms with Crippen molar-refractivity contribution in [2.75, 3.05) is 13.1 Å². The second-order valence-corrected chi connectivity index (χ2v) is 7.63. The van der Waals surface area contributed by atoms with Crippen LogP contribution in [0.2, 0.25) is 0 Å². The lowest BCUT2D eigenvalue weighted by molar-refractivity contribution is -0.140. The van der Waals surface area contributed by atoms with E-state index in [0.717, 1.165) is 11.6 Å². The van der Waals surface area contributed by atoms with Crippen LogP contribution in [0.25, 0.3) is 0 Å². The third-order valence-electron chi connectivity index (χ3n) is 4.49. The van der Waals surface area contributed by atoms with Gasteiger partial charge in [-0.1, -0.05) is 32.9 Å². The molecule has 1 amide bonds. The molecule has 0 saturated carbocycles. The first-order valence-electron chi connectivity index (χ1n) is 8.64. The highest BCUT2D eigenvalue weighted by molar-refractivity contribution is 5.94. The number of alkyl halides is 3. The highest BCUT2D eigenvalue weighted by atomic mass is 19.4. The van der Waals surface area contributed by atoms with Crippen molar-refractivity contribution in [2.45, 2.75) is 38.5 Å². The van der Waals surface area contributed by atoms with Crippen molar-refractivity contribution < 1.29 is 22.7 Å². The van der Waals surface area contributed by atoms with E-state index in [-0.39, 0.29) is 24.4 Å². The lowest BCUT2D eigenvalue weighted by Gasteiger charge is -2.39. The largest absolute Gasteiger partial charge is 0.470 e. The highest BCUT2D eigenvalue weighted by Gasteiger charge is 2.38. The minimum absolute atomic E-state index is 0.00383. The maximum atomic E-state index is 13.0. The molecule has 0 N–H and O–H groups in total. The Balaban J connectivity index is 1.61. The number of rotatable bonds is 3. The van der Waals surface area contributed by atoms with Gasteiger partial charge in [0.05, 0.1) is 13.1 Å². The van der Waals surface area contributed by atoms with Gasteiger partial charge in [0, 0.05) is 11.8 Å². The Morgan fingerprint density at radius 2 is 1.74 bits per heavy atom. The summed E-state index contributed by atoms with van der Waals surface area (Å²) in [4.78, 5) is 17.7. The van der Waals surface area contributed by atoms with Gasteiger partial charge < -0.3 is 9.64 Å². The summed E-state index contributed by atoms with van der Waals surface area (Å²) in [6, 6.07) is 9.54. The molecule has 4 nitrogen and oxygen atoms in total. The normalized spacial score (nSPS) is 15.4. The van der Waals surface area contributed by atoms with Gasteiger partial charge in [-0.25, -0.2) is 4.98 Å². The van der Waals surface area contributed by atoms with Crippen molar-refractivity contribution in [2.24, 2.45) is 0 Å². The van der Waals surface area contributed by atoms with Gasteiger partial charge in [0.15, 0.2) is 0 Å². The summed E-state index contributed by atoms with van der Waals surface area (Å²) in [6.07, 6.45) is -3.78. The Morgan fingerprint density at radius 3 is 2.30 bits per heavy atom. The minimum Gasteiger partial charge on any atom is -0.470 e. The van der Waals surface area contributed by atoms with E-state index in [0.29, 0.717) is 5.56 Å². The molecule has 27 heavy (non-hydrogen) atoms. The van der Waals surface area contributed by atoms with E-state index in [1.165, 1.54) is 12.3 Å². The van der Waals surface area contributed by atoms with Gasteiger partial charge in [-0.2, -0.15) is 13.2 Å². The third-order valence-corrected chi connectivity index (χ3v) is 4.49. The van der Waals surface area contributed by atoms with Crippen LogP contribution in [-0.4, -0.2) is 35.0 Å². The number of hydrogen-bond donors (Lipinski definition) is 0. The van der Waals surface area contributed by atoms with Crippen LogP contribution in [0.15, 0.2) is 42.6 Å². The van der Waals surface area contributed by atoms with Crippen molar-refractivity contribution in [1.29, 1.82) is 0 Å². The summed E-state index contributed by atoms with van der Waals surface area (Å²) >= 11 is 0. The quantitative estimate of drug-likeness (QED) is 0.800. The summed E-state index contributed by atoms with van der Waals surface area (Å²) in [6.45, 7) is 6.73. The maximum absolute atomic E-state index is 13.0. The van der Waals surface area contributed by atoms with Gasteiger partial charge in [-0.05, 0) is 35.2 Å². The van der Waals surface area contributed by atoms with E-state index in [1.807, 2.05) is 12.1 Å². The maximum Gasteiger partial charge on any atom is 0.421 e. The van der Waals surface area contributed by atoms with Gasteiger partial charge >= 0.3 is 6.18 Å². The van der Waals surface area contributed by atoms with Gasteiger partial charge in [0.2, 0.25) is 5.88 Å². The number of hydrogen-bond acceptors (Lipinski definition) is 3. The summed E-state index contributed by atoms with van der Waals surface area (Å²) in [5.74, 6) is -0.607. The lowest BCUT2D eigenvalue weighted by Crippen LogP contribution is -2.56. The van der Waals surface area contributed by atoms with Crippen molar-refractivity contribution in [3.8, 4) is 5.88 Å². The number of carbonyl (C=O) groups is 1. The Hall–Kier alpha value is -2.57.